The van der Waals surface area contributed by atoms with Crippen molar-refractivity contribution in [2.45, 2.75) is 26.3 Å². The molecule has 0 aliphatic heterocycles. The number of nitrogens with one attached hydrogen (secondary N) is 1. The summed E-state index contributed by atoms with van der Waals surface area (Å²) in [5.41, 5.74) is 5.70. The number of carbonyl (C=O) groups excluding carboxylic acids is 1. The summed E-state index contributed by atoms with van der Waals surface area (Å²) in [7, 11) is 1.65. The van der Waals surface area contributed by atoms with E-state index in [1.54, 1.807) is 13.4 Å². The molecule has 188 valence electrons. The van der Waals surface area contributed by atoms with Crippen molar-refractivity contribution < 1.29 is 18.7 Å². The van der Waals surface area contributed by atoms with E-state index in [9.17, 15) is 4.79 Å². The number of fused-ring (bicyclic) bond motifs is 1. The Kier molecular flexibility index (Phi) is 7.21. The number of aromatic nitrogens is 2. The summed E-state index contributed by atoms with van der Waals surface area (Å²) in [6.45, 7) is 2.95. The summed E-state index contributed by atoms with van der Waals surface area (Å²) < 4.78 is 18.4. The van der Waals surface area contributed by atoms with Crippen molar-refractivity contribution >= 4 is 11.6 Å². The molecule has 0 aliphatic rings. The van der Waals surface area contributed by atoms with Crippen LogP contribution in [0.3, 0.4) is 0 Å². The average Bonchev–Trinajstić information content (AvgIpc) is 3.59. The van der Waals surface area contributed by atoms with E-state index in [4.69, 9.17) is 18.9 Å². The maximum atomic E-state index is 12.7. The lowest BCUT2D eigenvalue weighted by molar-refractivity contribution is -0.121. The van der Waals surface area contributed by atoms with Crippen LogP contribution in [-0.4, -0.2) is 29.0 Å². The van der Waals surface area contributed by atoms with Crippen LogP contribution in [0.4, 0.5) is 0 Å². The highest BCUT2D eigenvalue weighted by Crippen LogP contribution is 2.30. The third-order valence-electron chi connectivity index (χ3n) is 6.19. The van der Waals surface area contributed by atoms with Crippen molar-refractivity contribution in [1.29, 1.82) is 0 Å². The highest BCUT2D eigenvalue weighted by Gasteiger charge is 2.17. The van der Waals surface area contributed by atoms with Gasteiger partial charge in [-0.05, 0) is 85.1 Å². The molecular formula is C30H29N3O4. The maximum absolute atomic E-state index is 12.7. The van der Waals surface area contributed by atoms with Gasteiger partial charge in [0.1, 0.15) is 22.9 Å². The number of methoxy groups -OCH3 is 1. The Morgan fingerprint density at radius 2 is 1.81 bits per heavy atom. The van der Waals surface area contributed by atoms with Gasteiger partial charge in [-0.1, -0.05) is 12.1 Å². The first-order valence-electron chi connectivity index (χ1n) is 12.3. The number of furan rings is 1. The van der Waals surface area contributed by atoms with Gasteiger partial charge >= 0.3 is 0 Å². The normalized spacial score (nSPS) is 11.0. The van der Waals surface area contributed by atoms with Gasteiger partial charge in [0, 0.05) is 18.2 Å². The Morgan fingerprint density at radius 1 is 0.973 bits per heavy atom. The van der Waals surface area contributed by atoms with E-state index in [1.807, 2.05) is 67.6 Å². The summed E-state index contributed by atoms with van der Waals surface area (Å²) >= 11 is 0. The number of benzene rings is 2. The zero-order chi connectivity index (χ0) is 25.6. The lowest BCUT2D eigenvalue weighted by atomic mass is 10.1. The molecule has 37 heavy (non-hydrogen) atoms. The van der Waals surface area contributed by atoms with E-state index in [0.29, 0.717) is 26.0 Å². The predicted molar refractivity (Wildman–Crippen MR) is 143 cm³/mol. The van der Waals surface area contributed by atoms with Gasteiger partial charge in [0.2, 0.25) is 5.91 Å². The number of hydrogen-bond acceptors (Lipinski definition) is 5. The fraction of sp³-hybridized carbons (Fsp3) is 0.200. The molecule has 5 rings (SSSR count). The second kappa shape index (κ2) is 11.0. The number of imidazole rings is 1. The van der Waals surface area contributed by atoms with E-state index in [1.165, 1.54) is 0 Å². The van der Waals surface area contributed by atoms with Crippen LogP contribution >= 0.6 is 0 Å². The third-order valence-corrected chi connectivity index (χ3v) is 6.19. The molecule has 1 amide bonds. The van der Waals surface area contributed by atoms with Crippen LogP contribution in [0.1, 0.15) is 24.8 Å². The third kappa shape index (κ3) is 5.51. The molecule has 0 atom stereocenters. The Labute approximate surface area is 215 Å². The molecule has 0 saturated carbocycles. The van der Waals surface area contributed by atoms with Crippen LogP contribution < -0.4 is 14.8 Å². The molecule has 5 aromatic rings. The summed E-state index contributed by atoms with van der Waals surface area (Å²) in [4.78, 5) is 17.6. The molecule has 0 fully saturated rings. The van der Waals surface area contributed by atoms with E-state index in [-0.39, 0.29) is 5.91 Å². The van der Waals surface area contributed by atoms with Gasteiger partial charge in [-0.2, -0.15) is 0 Å². The zero-order valence-corrected chi connectivity index (χ0v) is 20.9. The number of pyridine rings is 1. The molecule has 0 unspecified atom stereocenters. The molecule has 0 spiro atoms. The van der Waals surface area contributed by atoms with Gasteiger partial charge in [-0.3, -0.25) is 4.79 Å². The highest BCUT2D eigenvalue weighted by atomic mass is 16.5. The van der Waals surface area contributed by atoms with Crippen LogP contribution in [0.25, 0.3) is 28.0 Å². The van der Waals surface area contributed by atoms with Crippen molar-refractivity contribution in [1.82, 2.24) is 14.7 Å². The first-order valence-corrected chi connectivity index (χ1v) is 12.3. The van der Waals surface area contributed by atoms with Crippen LogP contribution in [-0.2, 0) is 17.8 Å². The van der Waals surface area contributed by atoms with Crippen LogP contribution in [0.5, 0.6) is 11.5 Å². The van der Waals surface area contributed by atoms with E-state index < -0.39 is 0 Å². The summed E-state index contributed by atoms with van der Waals surface area (Å²) in [6, 6.07) is 23.6. The van der Waals surface area contributed by atoms with Crippen molar-refractivity contribution in [2.75, 3.05) is 13.7 Å². The Bertz CT molecular complexity index is 1490. The van der Waals surface area contributed by atoms with Crippen molar-refractivity contribution in [3.63, 3.8) is 0 Å². The summed E-state index contributed by atoms with van der Waals surface area (Å²) in [5, 5.41) is 2.93. The topological polar surface area (TPSA) is 78.0 Å². The predicted octanol–water partition coefficient (Wildman–Crippen LogP) is 5.92. The fourth-order valence-electron chi connectivity index (χ4n) is 4.33. The molecular weight excluding hydrogens is 466 g/mol. The molecule has 1 N–H and O–H groups in total. The minimum Gasteiger partial charge on any atom is -0.497 e. The number of hydrogen-bond donors (Lipinski definition) is 1. The molecule has 0 saturated heterocycles. The highest BCUT2D eigenvalue weighted by molar-refractivity contribution is 5.77. The summed E-state index contributed by atoms with van der Waals surface area (Å²) in [6.07, 6.45) is 4.52. The number of rotatable bonds is 10. The molecule has 0 aliphatic carbocycles. The van der Waals surface area contributed by atoms with Crippen molar-refractivity contribution in [2.24, 2.45) is 0 Å². The number of ether oxygens (including phenoxy) is 2. The van der Waals surface area contributed by atoms with Crippen LogP contribution in [0.2, 0.25) is 0 Å². The summed E-state index contributed by atoms with van der Waals surface area (Å²) in [5.74, 6) is 2.29. The van der Waals surface area contributed by atoms with Gasteiger partial charge in [-0.15, -0.1) is 0 Å². The minimum atomic E-state index is -0.0485. The van der Waals surface area contributed by atoms with Gasteiger partial charge in [0.25, 0.3) is 0 Å². The monoisotopic (exact) mass is 495 g/mol. The fourth-order valence-corrected chi connectivity index (χ4v) is 4.33. The van der Waals surface area contributed by atoms with Gasteiger partial charge < -0.3 is 23.6 Å². The van der Waals surface area contributed by atoms with E-state index >= 15 is 0 Å². The SMILES string of the molecule is CCOc1cccc(-c2ccc3nc(-c4ccc(OC)cc4)c(CCC(=O)NCc4ccco4)n3c2)c1. The smallest absolute Gasteiger partial charge is 0.220 e. The number of carbonyl (C=O) groups is 1. The lowest BCUT2D eigenvalue weighted by Crippen LogP contribution is -2.23. The van der Waals surface area contributed by atoms with E-state index in [2.05, 4.69) is 28.0 Å². The molecule has 7 nitrogen and oxygen atoms in total. The molecule has 7 heteroatoms. The molecule has 2 aromatic carbocycles. The standard InChI is InChI=1S/C30H29N3O4/c1-3-36-25-7-4-6-22(18-25)23-11-15-28-32-30(21-9-12-24(35-2)13-10-21)27(33(28)20-23)14-16-29(34)31-19-26-8-5-17-37-26/h4-13,15,17-18,20H,3,14,16,19H2,1-2H3,(H,31,34). The Balaban J connectivity index is 1.48. The number of nitrogens with zero attached hydrogens (tertiary/aromatic N) is 2. The van der Waals surface area contributed by atoms with Crippen molar-refractivity contribution in [3.8, 4) is 33.9 Å². The van der Waals surface area contributed by atoms with E-state index in [0.717, 1.165) is 51.0 Å². The Hall–Kier alpha value is -4.52. The molecule has 3 aromatic heterocycles. The number of aryl methyl sites for hydroxylation is 1. The average molecular weight is 496 g/mol. The Morgan fingerprint density at radius 3 is 2.57 bits per heavy atom. The van der Waals surface area contributed by atoms with Gasteiger partial charge in [0.15, 0.2) is 0 Å². The zero-order valence-electron chi connectivity index (χ0n) is 20.9. The molecule has 3 heterocycles. The van der Waals surface area contributed by atoms with Gasteiger partial charge in [-0.25, -0.2) is 4.98 Å². The molecule has 0 bridgehead atoms. The maximum Gasteiger partial charge on any atom is 0.220 e. The lowest BCUT2D eigenvalue weighted by Gasteiger charge is -2.09. The largest absolute Gasteiger partial charge is 0.497 e. The van der Waals surface area contributed by atoms with Crippen LogP contribution in [0.15, 0.2) is 89.7 Å². The second-order valence-electron chi connectivity index (χ2n) is 8.60. The van der Waals surface area contributed by atoms with Crippen molar-refractivity contribution in [3.05, 3.63) is 96.7 Å². The first-order chi connectivity index (χ1) is 18.1. The number of amides is 1. The quantitative estimate of drug-likeness (QED) is 0.260. The second-order valence-corrected chi connectivity index (χ2v) is 8.60. The first kappa shape index (κ1) is 24.2. The van der Waals surface area contributed by atoms with Crippen LogP contribution in [0, 0.1) is 0 Å². The molecule has 0 radical (unpaired) electrons. The minimum absolute atomic E-state index is 0.0485. The van der Waals surface area contributed by atoms with Gasteiger partial charge in [0.05, 0.1) is 37.9 Å².